The third kappa shape index (κ3) is 3.83. The lowest BCUT2D eigenvalue weighted by Gasteiger charge is -2.06. The fourth-order valence-electron chi connectivity index (χ4n) is 1.22. The highest BCUT2D eigenvalue weighted by Gasteiger charge is 2.06. The van der Waals surface area contributed by atoms with Crippen molar-refractivity contribution in [3.05, 3.63) is 29.8 Å². The van der Waals surface area contributed by atoms with Crippen molar-refractivity contribution in [3.8, 4) is 0 Å². The molecule has 0 bridgehead atoms. The summed E-state index contributed by atoms with van der Waals surface area (Å²) in [7, 11) is 0. The number of nitrogens with one attached hydrogen (secondary N) is 1. The number of nitrogen functional groups attached to an aromatic ring is 1. The van der Waals surface area contributed by atoms with Crippen molar-refractivity contribution in [3.63, 3.8) is 0 Å². The standard InChI is InChI=1S/C11H16N2OS/c1-15-8-4-7-13-11(14)9-5-2-3-6-10(9)12/h2-3,5-6H,4,7-8,12H2,1H3,(H,13,14). The van der Waals surface area contributed by atoms with Crippen LogP contribution in [0.3, 0.4) is 0 Å². The third-order valence-electron chi connectivity index (χ3n) is 2.02. The van der Waals surface area contributed by atoms with Crippen molar-refractivity contribution in [2.45, 2.75) is 6.42 Å². The molecule has 1 aromatic rings. The van der Waals surface area contributed by atoms with Gasteiger partial charge < -0.3 is 11.1 Å². The zero-order chi connectivity index (χ0) is 11.1. The molecule has 3 nitrogen and oxygen atoms in total. The van der Waals surface area contributed by atoms with Gasteiger partial charge in [0, 0.05) is 12.2 Å². The Morgan fingerprint density at radius 2 is 2.20 bits per heavy atom. The Morgan fingerprint density at radius 3 is 2.87 bits per heavy atom. The summed E-state index contributed by atoms with van der Waals surface area (Å²) >= 11 is 1.78. The zero-order valence-electron chi connectivity index (χ0n) is 8.82. The molecule has 0 spiro atoms. The minimum atomic E-state index is -0.0887. The van der Waals surface area contributed by atoms with E-state index in [2.05, 4.69) is 11.6 Å². The van der Waals surface area contributed by atoms with Gasteiger partial charge in [-0.15, -0.1) is 0 Å². The van der Waals surface area contributed by atoms with Crippen LogP contribution in [0, 0.1) is 0 Å². The number of nitrogens with two attached hydrogens (primary N) is 1. The predicted octanol–water partition coefficient (Wildman–Crippen LogP) is 1.75. The van der Waals surface area contributed by atoms with Gasteiger partial charge in [-0.1, -0.05) is 12.1 Å². The summed E-state index contributed by atoms with van der Waals surface area (Å²) in [5.41, 5.74) is 6.77. The van der Waals surface area contributed by atoms with Gasteiger partial charge in [0.25, 0.3) is 5.91 Å². The Hall–Kier alpha value is -1.16. The quantitative estimate of drug-likeness (QED) is 0.592. The van der Waals surface area contributed by atoms with E-state index in [1.807, 2.05) is 12.1 Å². The third-order valence-corrected chi connectivity index (χ3v) is 2.71. The second-order valence-electron chi connectivity index (χ2n) is 3.19. The molecule has 82 valence electrons. The molecule has 0 unspecified atom stereocenters. The van der Waals surface area contributed by atoms with Crippen LogP contribution < -0.4 is 11.1 Å². The highest BCUT2D eigenvalue weighted by atomic mass is 32.2. The smallest absolute Gasteiger partial charge is 0.253 e. The van der Waals surface area contributed by atoms with E-state index in [-0.39, 0.29) is 5.91 Å². The topological polar surface area (TPSA) is 55.1 Å². The molecule has 0 aliphatic heterocycles. The van der Waals surface area contributed by atoms with Crippen LogP contribution in [-0.2, 0) is 0 Å². The van der Waals surface area contributed by atoms with Crippen molar-refractivity contribution in [2.75, 3.05) is 24.3 Å². The molecule has 0 aliphatic rings. The highest BCUT2D eigenvalue weighted by Crippen LogP contribution is 2.09. The summed E-state index contributed by atoms with van der Waals surface area (Å²) in [6, 6.07) is 7.10. The van der Waals surface area contributed by atoms with Gasteiger partial charge in [0.15, 0.2) is 0 Å². The largest absolute Gasteiger partial charge is 0.398 e. The maximum absolute atomic E-state index is 11.6. The first-order valence-corrected chi connectivity index (χ1v) is 6.26. The molecule has 0 saturated heterocycles. The van der Waals surface area contributed by atoms with Crippen LogP contribution in [0.1, 0.15) is 16.8 Å². The molecule has 0 fully saturated rings. The molecule has 0 heterocycles. The molecule has 0 atom stereocenters. The molecule has 1 amide bonds. The zero-order valence-corrected chi connectivity index (χ0v) is 9.64. The lowest BCUT2D eigenvalue weighted by molar-refractivity contribution is 0.0954. The second-order valence-corrected chi connectivity index (χ2v) is 4.18. The summed E-state index contributed by atoms with van der Waals surface area (Å²) in [6.07, 6.45) is 3.04. The van der Waals surface area contributed by atoms with E-state index in [9.17, 15) is 4.79 Å². The first-order chi connectivity index (χ1) is 7.25. The first-order valence-electron chi connectivity index (χ1n) is 4.87. The fourth-order valence-corrected chi connectivity index (χ4v) is 1.65. The molecule has 1 rings (SSSR count). The number of thioether (sulfide) groups is 1. The monoisotopic (exact) mass is 224 g/mol. The van der Waals surface area contributed by atoms with Crippen LogP contribution in [0.25, 0.3) is 0 Å². The van der Waals surface area contributed by atoms with Crippen LogP contribution in [0.15, 0.2) is 24.3 Å². The van der Waals surface area contributed by atoms with E-state index in [4.69, 9.17) is 5.73 Å². The molecule has 0 radical (unpaired) electrons. The fraction of sp³-hybridized carbons (Fsp3) is 0.364. The van der Waals surface area contributed by atoms with Gasteiger partial charge in [0.2, 0.25) is 0 Å². The van der Waals surface area contributed by atoms with E-state index >= 15 is 0 Å². The first kappa shape index (κ1) is 11.9. The number of hydrogen-bond donors (Lipinski definition) is 2. The molecule has 0 saturated carbocycles. The Kier molecular flexibility index (Phi) is 5.04. The number of carbonyl (C=O) groups excluding carboxylic acids is 1. The van der Waals surface area contributed by atoms with Gasteiger partial charge in [-0.3, -0.25) is 4.79 Å². The number of benzene rings is 1. The van der Waals surface area contributed by atoms with Crippen molar-refractivity contribution in [1.82, 2.24) is 5.32 Å². The number of anilines is 1. The SMILES string of the molecule is CSCCCNC(=O)c1ccccc1N. The van der Waals surface area contributed by atoms with E-state index in [1.165, 1.54) is 0 Å². The number of hydrogen-bond acceptors (Lipinski definition) is 3. The van der Waals surface area contributed by atoms with E-state index in [0.717, 1.165) is 12.2 Å². The van der Waals surface area contributed by atoms with Crippen molar-refractivity contribution < 1.29 is 4.79 Å². The summed E-state index contributed by atoms with van der Waals surface area (Å²) in [5, 5.41) is 2.84. The Labute approximate surface area is 94.4 Å². The normalized spacial score (nSPS) is 9.93. The summed E-state index contributed by atoms with van der Waals surface area (Å²) < 4.78 is 0. The highest BCUT2D eigenvalue weighted by molar-refractivity contribution is 7.98. The Balaban J connectivity index is 2.44. The average Bonchev–Trinajstić information content (AvgIpc) is 2.25. The van der Waals surface area contributed by atoms with Gasteiger partial charge in [0.05, 0.1) is 5.56 Å². The molecule has 15 heavy (non-hydrogen) atoms. The molecular weight excluding hydrogens is 208 g/mol. The molecule has 3 N–H and O–H groups in total. The summed E-state index contributed by atoms with van der Waals surface area (Å²) in [4.78, 5) is 11.6. The summed E-state index contributed by atoms with van der Waals surface area (Å²) in [5.74, 6) is 0.971. The van der Waals surface area contributed by atoms with Crippen LogP contribution in [-0.4, -0.2) is 24.5 Å². The lowest BCUT2D eigenvalue weighted by Crippen LogP contribution is -2.25. The van der Waals surface area contributed by atoms with Gasteiger partial charge >= 0.3 is 0 Å². The minimum Gasteiger partial charge on any atom is -0.398 e. The van der Waals surface area contributed by atoms with Crippen molar-refractivity contribution in [2.24, 2.45) is 0 Å². The minimum absolute atomic E-state index is 0.0887. The number of para-hydroxylation sites is 1. The van der Waals surface area contributed by atoms with E-state index in [1.54, 1.807) is 23.9 Å². The van der Waals surface area contributed by atoms with Gasteiger partial charge in [-0.05, 0) is 30.6 Å². The van der Waals surface area contributed by atoms with Crippen molar-refractivity contribution in [1.29, 1.82) is 0 Å². The van der Waals surface area contributed by atoms with Gasteiger partial charge in [-0.25, -0.2) is 0 Å². The Bertz CT molecular complexity index is 328. The van der Waals surface area contributed by atoms with Gasteiger partial charge in [-0.2, -0.15) is 11.8 Å². The lowest BCUT2D eigenvalue weighted by atomic mass is 10.1. The number of amides is 1. The predicted molar refractivity (Wildman–Crippen MR) is 66.2 cm³/mol. The second kappa shape index (κ2) is 6.35. The molecular formula is C11H16N2OS. The van der Waals surface area contributed by atoms with Crippen LogP contribution in [0.4, 0.5) is 5.69 Å². The van der Waals surface area contributed by atoms with Crippen molar-refractivity contribution >= 4 is 23.4 Å². The average molecular weight is 224 g/mol. The number of carbonyl (C=O) groups is 1. The molecule has 0 aliphatic carbocycles. The maximum atomic E-state index is 11.6. The number of rotatable bonds is 5. The maximum Gasteiger partial charge on any atom is 0.253 e. The van der Waals surface area contributed by atoms with Gasteiger partial charge in [0.1, 0.15) is 0 Å². The van der Waals surface area contributed by atoms with Crippen LogP contribution >= 0.6 is 11.8 Å². The molecule has 4 heteroatoms. The van der Waals surface area contributed by atoms with Crippen LogP contribution in [0.5, 0.6) is 0 Å². The molecule has 1 aromatic carbocycles. The summed E-state index contributed by atoms with van der Waals surface area (Å²) in [6.45, 7) is 0.702. The van der Waals surface area contributed by atoms with E-state index < -0.39 is 0 Å². The Morgan fingerprint density at radius 1 is 1.47 bits per heavy atom. The molecule has 0 aromatic heterocycles. The van der Waals surface area contributed by atoms with Crippen LogP contribution in [0.2, 0.25) is 0 Å². The van der Waals surface area contributed by atoms with E-state index in [0.29, 0.717) is 17.8 Å².